The molecule has 70 valence electrons. The van der Waals surface area contributed by atoms with Gasteiger partial charge in [-0.1, -0.05) is 0 Å². The fourth-order valence-electron chi connectivity index (χ4n) is 1.28. The van der Waals surface area contributed by atoms with Crippen molar-refractivity contribution in [3.8, 4) is 0 Å². The van der Waals surface area contributed by atoms with Gasteiger partial charge in [-0.3, -0.25) is 9.69 Å². The molecule has 0 saturated carbocycles. The fourth-order valence-corrected chi connectivity index (χ4v) is 1.28. The van der Waals surface area contributed by atoms with E-state index in [0.29, 0.717) is 13.2 Å². The number of rotatable bonds is 3. The second-order valence-corrected chi connectivity index (χ2v) is 2.97. The summed E-state index contributed by atoms with van der Waals surface area (Å²) in [5.41, 5.74) is 0. The van der Waals surface area contributed by atoms with E-state index < -0.39 is 0 Å². The first-order valence-electron chi connectivity index (χ1n) is 4.31. The molecule has 1 amide bonds. The van der Waals surface area contributed by atoms with E-state index in [0.717, 1.165) is 26.1 Å². The quantitative estimate of drug-likeness (QED) is 0.621. The molecule has 0 spiro atoms. The number of amides is 1. The Kier molecular flexibility index (Phi) is 4.04. The van der Waals surface area contributed by atoms with Crippen molar-refractivity contribution in [2.45, 2.75) is 6.42 Å². The Hall–Kier alpha value is -0.610. The summed E-state index contributed by atoms with van der Waals surface area (Å²) in [6.07, 6.45) is 1.04. The van der Waals surface area contributed by atoms with Crippen LogP contribution in [0.25, 0.3) is 0 Å². The lowest BCUT2D eigenvalue weighted by atomic mass is 10.4. The van der Waals surface area contributed by atoms with Crippen LogP contribution < -0.4 is 5.32 Å². The average Bonchev–Trinajstić information content (AvgIpc) is 2.26. The van der Waals surface area contributed by atoms with Crippen LogP contribution in [0.2, 0.25) is 0 Å². The summed E-state index contributed by atoms with van der Waals surface area (Å²) < 4.78 is 4.95. The van der Waals surface area contributed by atoms with Crippen LogP contribution in [0.1, 0.15) is 6.42 Å². The van der Waals surface area contributed by atoms with Gasteiger partial charge in [0, 0.05) is 26.7 Å². The highest BCUT2D eigenvalue weighted by Gasteiger charge is 2.13. The number of carbonyl (C=O) groups excluding carboxylic acids is 1. The topological polar surface area (TPSA) is 41.6 Å². The summed E-state index contributed by atoms with van der Waals surface area (Å²) in [6.45, 7) is 3.87. The first kappa shape index (κ1) is 9.48. The van der Waals surface area contributed by atoms with Crippen molar-refractivity contribution in [2.75, 3.05) is 39.9 Å². The number of hydrogen-bond donors (Lipinski definition) is 1. The Morgan fingerprint density at radius 3 is 3.25 bits per heavy atom. The number of carbonyl (C=O) groups is 1. The lowest BCUT2D eigenvalue weighted by Crippen LogP contribution is -2.34. The highest BCUT2D eigenvalue weighted by atomic mass is 16.5. The summed E-state index contributed by atoms with van der Waals surface area (Å²) in [4.78, 5) is 13.2. The molecule has 0 radical (unpaired) electrons. The summed E-state index contributed by atoms with van der Waals surface area (Å²) >= 11 is 0. The van der Waals surface area contributed by atoms with Gasteiger partial charge in [-0.05, 0) is 6.42 Å². The number of ether oxygens (including phenoxy) is 1. The van der Waals surface area contributed by atoms with Gasteiger partial charge in [0.05, 0.1) is 13.2 Å². The molecule has 0 unspecified atom stereocenters. The molecule has 0 aromatic heterocycles. The number of nitrogens with zero attached hydrogens (tertiary/aromatic N) is 1. The third-order valence-corrected chi connectivity index (χ3v) is 1.95. The van der Waals surface area contributed by atoms with E-state index in [2.05, 4.69) is 10.2 Å². The van der Waals surface area contributed by atoms with Gasteiger partial charge < -0.3 is 10.1 Å². The average molecular weight is 172 g/mol. The molecule has 4 heteroatoms. The van der Waals surface area contributed by atoms with Gasteiger partial charge in [0.2, 0.25) is 5.91 Å². The monoisotopic (exact) mass is 172 g/mol. The highest BCUT2D eigenvalue weighted by molar-refractivity contribution is 5.78. The van der Waals surface area contributed by atoms with Gasteiger partial charge in [0.25, 0.3) is 0 Å². The Balaban J connectivity index is 2.26. The molecule has 1 heterocycles. The van der Waals surface area contributed by atoms with Gasteiger partial charge in [0.15, 0.2) is 0 Å². The van der Waals surface area contributed by atoms with Gasteiger partial charge in [-0.15, -0.1) is 0 Å². The van der Waals surface area contributed by atoms with Gasteiger partial charge in [-0.25, -0.2) is 0 Å². The minimum absolute atomic E-state index is 0.128. The van der Waals surface area contributed by atoms with E-state index in [-0.39, 0.29) is 5.91 Å². The van der Waals surface area contributed by atoms with Gasteiger partial charge >= 0.3 is 0 Å². The molecular formula is C8H16N2O2. The first-order valence-corrected chi connectivity index (χ1v) is 4.31. The molecule has 1 rings (SSSR count). The Morgan fingerprint density at radius 1 is 1.67 bits per heavy atom. The number of hydrogen-bond acceptors (Lipinski definition) is 3. The summed E-state index contributed by atoms with van der Waals surface area (Å²) in [6, 6.07) is 0. The molecular weight excluding hydrogens is 156 g/mol. The van der Waals surface area contributed by atoms with Crippen LogP contribution in [0.15, 0.2) is 0 Å². The maximum absolute atomic E-state index is 11.1. The van der Waals surface area contributed by atoms with Crippen LogP contribution in [0, 0.1) is 0 Å². The van der Waals surface area contributed by atoms with Crippen molar-refractivity contribution < 1.29 is 9.53 Å². The van der Waals surface area contributed by atoms with E-state index in [1.54, 1.807) is 7.11 Å². The number of nitrogens with one attached hydrogen (secondary N) is 1. The van der Waals surface area contributed by atoms with E-state index in [9.17, 15) is 4.79 Å². The van der Waals surface area contributed by atoms with Crippen molar-refractivity contribution in [1.82, 2.24) is 10.2 Å². The first-order chi connectivity index (χ1) is 5.83. The molecule has 1 N–H and O–H groups in total. The van der Waals surface area contributed by atoms with Crippen LogP contribution >= 0.6 is 0 Å². The van der Waals surface area contributed by atoms with E-state index in [4.69, 9.17) is 4.74 Å². The lowest BCUT2D eigenvalue weighted by molar-refractivity contribution is -0.121. The predicted octanol–water partition coefficient (Wildman–Crippen LogP) is -0.545. The van der Waals surface area contributed by atoms with Crippen LogP contribution in [-0.2, 0) is 9.53 Å². The van der Waals surface area contributed by atoms with Crippen molar-refractivity contribution in [2.24, 2.45) is 0 Å². The minimum Gasteiger partial charge on any atom is -0.383 e. The molecule has 0 aromatic carbocycles. The standard InChI is InChI=1S/C8H16N2O2/c1-12-6-5-10-4-2-3-9-8(11)7-10/h2-7H2,1H3,(H,9,11). The van der Waals surface area contributed by atoms with Gasteiger partial charge in [0.1, 0.15) is 0 Å². The molecule has 0 atom stereocenters. The summed E-state index contributed by atoms with van der Waals surface area (Å²) in [5.74, 6) is 0.128. The zero-order chi connectivity index (χ0) is 8.81. The molecule has 0 bridgehead atoms. The van der Waals surface area contributed by atoms with Crippen LogP contribution in [0.3, 0.4) is 0 Å². The van der Waals surface area contributed by atoms with Gasteiger partial charge in [-0.2, -0.15) is 0 Å². The van der Waals surface area contributed by atoms with Crippen molar-refractivity contribution in [1.29, 1.82) is 0 Å². The third kappa shape index (κ3) is 3.19. The fraction of sp³-hybridized carbons (Fsp3) is 0.875. The van der Waals surface area contributed by atoms with Crippen LogP contribution in [-0.4, -0.2) is 50.7 Å². The molecule has 1 aliphatic heterocycles. The van der Waals surface area contributed by atoms with Crippen LogP contribution in [0.5, 0.6) is 0 Å². The molecule has 1 saturated heterocycles. The normalized spacial score (nSPS) is 20.2. The predicted molar refractivity (Wildman–Crippen MR) is 45.9 cm³/mol. The summed E-state index contributed by atoms with van der Waals surface area (Å²) in [5, 5.41) is 2.83. The SMILES string of the molecule is COCCN1CCCNC(=O)C1. The van der Waals surface area contributed by atoms with E-state index in [1.807, 2.05) is 0 Å². The largest absolute Gasteiger partial charge is 0.383 e. The van der Waals surface area contributed by atoms with E-state index in [1.165, 1.54) is 0 Å². The lowest BCUT2D eigenvalue weighted by Gasteiger charge is -2.17. The highest BCUT2D eigenvalue weighted by Crippen LogP contribution is 1.95. The van der Waals surface area contributed by atoms with E-state index >= 15 is 0 Å². The minimum atomic E-state index is 0.128. The zero-order valence-corrected chi connectivity index (χ0v) is 7.51. The molecule has 1 fully saturated rings. The van der Waals surface area contributed by atoms with Crippen molar-refractivity contribution in [3.05, 3.63) is 0 Å². The molecule has 0 aromatic rings. The second-order valence-electron chi connectivity index (χ2n) is 2.97. The Labute approximate surface area is 72.9 Å². The molecule has 0 aliphatic carbocycles. The molecule has 12 heavy (non-hydrogen) atoms. The molecule has 1 aliphatic rings. The maximum atomic E-state index is 11.1. The Morgan fingerprint density at radius 2 is 2.50 bits per heavy atom. The number of methoxy groups -OCH3 is 1. The smallest absolute Gasteiger partial charge is 0.234 e. The Bertz CT molecular complexity index is 150. The second kappa shape index (κ2) is 5.11. The third-order valence-electron chi connectivity index (χ3n) is 1.95. The van der Waals surface area contributed by atoms with Crippen molar-refractivity contribution in [3.63, 3.8) is 0 Å². The molecule has 4 nitrogen and oxygen atoms in total. The van der Waals surface area contributed by atoms with Crippen LogP contribution in [0.4, 0.5) is 0 Å². The maximum Gasteiger partial charge on any atom is 0.234 e. The zero-order valence-electron chi connectivity index (χ0n) is 7.51. The van der Waals surface area contributed by atoms with Crippen molar-refractivity contribution >= 4 is 5.91 Å². The summed E-state index contributed by atoms with van der Waals surface area (Å²) in [7, 11) is 1.68.